The van der Waals surface area contributed by atoms with E-state index in [-0.39, 0.29) is 0 Å². The number of pyridine rings is 1. The van der Waals surface area contributed by atoms with E-state index in [1.165, 1.54) is 6.33 Å². The van der Waals surface area contributed by atoms with Crippen LogP contribution in [0.2, 0.25) is 5.15 Å². The van der Waals surface area contributed by atoms with E-state index < -0.39 is 0 Å². The van der Waals surface area contributed by atoms with E-state index in [0.29, 0.717) is 5.15 Å². The molecule has 2 rings (SSSR count). The fraction of sp³-hybridized carbons (Fsp3) is 0.250. The van der Waals surface area contributed by atoms with Crippen molar-refractivity contribution in [3.63, 3.8) is 0 Å². The molecule has 2 aromatic rings. The molecule has 0 saturated heterocycles. The van der Waals surface area contributed by atoms with E-state index in [9.17, 15) is 0 Å². The highest BCUT2D eigenvalue weighted by molar-refractivity contribution is 6.30. The Morgan fingerprint density at radius 2 is 1.94 bits per heavy atom. The van der Waals surface area contributed by atoms with Crippen molar-refractivity contribution in [2.45, 2.75) is 19.8 Å². The molecule has 2 heterocycles. The van der Waals surface area contributed by atoms with Gasteiger partial charge in [-0.1, -0.05) is 24.9 Å². The molecule has 0 N–H and O–H groups in total. The molecule has 0 aliphatic rings. The summed E-state index contributed by atoms with van der Waals surface area (Å²) in [6.07, 6.45) is 6.90. The van der Waals surface area contributed by atoms with Gasteiger partial charge in [-0.3, -0.25) is 4.98 Å². The Labute approximate surface area is 99.5 Å². The fourth-order valence-corrected chi connectivity index (χ4v) is 1.85. The Hall–Kier alpha value is -1.48. The normalized spacial score (nSPS) is 10.4. The molecular weight excluding hydrogens is 222 g/mol. The third kappa shape index (κ3) is 2.19. The maximum Gasteiger partial charge on any atom is 0.136 e. The van der Waals surface area contributed by atoms with Crippen LogP contribution in [-0.2, 0) is 6.42 Å². The van der Waals surface area contributed by atoms with Crippen LogP contribution in [0.3, 0.4) is 0 Å². The molecule has 0 aliphatic carbocycles. The summed E-state index contributed by atoms with van der Waals surface area (Å²) in [4.78, 5) is 12.3. The lowest BCUT2D eigenvalue weighted by molar-refractivity contribution is 0.904. The van der Waals surface area contributed by atoms with Gasteiger partial charge in [-0.15, -0.1) is 0 Å². The summed E-state index contributed by atoms with van der Waals surface area (Å²) in [6.45, 7) is 2.11. The van der Waals surface area contributed by atoms with Gasteiger partial charge in [0, 0.05) is 23.5 Å². The van der Waals surface area contributed by atoms with Crippen LogP contribution in [0.15, 0.2) is 30.9 Å². The van der Waals surface area contributed by atoms with Gasteiger partial charge < -0.3 is 0 Å². The summed E-state index contributed by atoms with van der Waals surface area (Å²) < 4.78 is 0. The molecule has 82 valence electrons. The van der Waals surface area contributed by atoms with Gasteiger partial charge in [0.15, 0.2) is 0 Å². The molecule has 0 unspecified atom stereocenters. The van der Waals surface area contributed by atoms with Crippen molar-refractivity contribution in [3.05, 3.63) is 41.6 Å². The van der Waals surface area contributed by atoms with Crippen molar-refractivity contribution in [1.29, 1.82) is 0 Å². The molecular formula is C12H12ClN3. The van der Waals surface area contributed by atoms with Gasteiger partial charge in [-0.25, -0.2) is 9.97 Å². The van der Waals surface area contributed by atoms with Crippen molar-refractivity contribution in [2.24, 2.45) is 0 Å². The van der Waals surface area contributed by atoms with Crippen LogP contribution in [-0.4, -0.2) is 15.0 Å². The Morgan fingerprint density at radius 3 is 2.62 bits per heavy atom. The summed E-state index contributed by atoms with van der Waals surface area (Å²) in [5.41, 5.74) is 2.95. The zero-order valence-electron chi connectivity index (χ0n) is 9.02. The van der Waals surface area contributed by atoms with E-state index in [1.807, 2.05) is 12.1 Å². The molecule has 4 heteroatoms. The van der Waals surface area contributed by atoms with Gasteiger partial charge in [0.2, 0.25) is 0 Å². The molecule has 0 atom stereocenters. The summed E-state index contributed by atoms with van der Waals surface area (Å²) in [6, 6.07) is 3.86. The number of hydrogen-bond donors (Lipinski definition) is 0. The Morgan fingerprint density at radius 1 is 1.19 bits per heavy atom. The maximum atomic E-state index is 6.09. The van der Waals surface area contributed by atoms with E-state index in [1.54, 1.807) is 12.4 Å². The highest BCUT2D eigenvalue weighted by Gasteiger charge is 2.10. The summed E-state index contributed by atoms with van der Waals surface area (Å²) >= 11 is 6.09. The second-order valence-corrected chi connectivity index (χ2v) is 3.84. The molecule has 0 aromatic carbocycles. The van der Waals surface area contributed by atoms with E-state index in [4.69, 9.17) is 11.6 Å². The van der Waals surface area contributed by atoms with E-state index >= 15 is 0 Å². The lowest BCUT2D eigenvalue weighted by Crippen LogP contribution is -1.96. The van der Waals surface area contributed by atoms with Crippen LogP contribution < -0.4 is 0 Å². The van der Waals surface area contributed by atoms with Crippen molar-refractivity contribution < 1.29 is 0 Å². The second-order valence-electron chi connectivity index (χ2n) is 3.48. The van der Waals surface area contributed by atoms with Crippen molar-refractivity contribution in [2.75, 3.05) is 0 Å². The van der Waals surface area contributed by atoms with E-state index in [2.05, 4.69) is 21.9 Å². The first-order valence-corrected chi connectivity index (χ1v) is 5.60. The standard InChI is InChI=1S/C12H12ClN3/c1-2-3-10-11(15-8-16-12(10)13)9-4-6-14-7-5-9/h4-8H,2-3H2,1H3. The lowest BCUT2D eigenvalue weighted by atomic mass is 10.1. The van der Waals surface area contributed by atoms with E-state index in [0.717, 1.165) is 29.7 Å². The smallest absolute Gasteiger partial charge is 0.136 e. The predicted molar refractivity (Wildman–Crippen MR) is 64.3 cm³/mol. The largest absolute Gasteiger partial charge is 0.265 e. The summed E-state index contributed by atoms with van der Waals surface area (Å²) in [5.74, 6) is 0. The zero-order chi connectivity index (χ0) is 11.4. The van der Waals surface area contributed by atoms with Crippen molar-refractivity contribution in [3.8, 4) is 11.3 Å². The van der Waals surface area contributed by atoms with Gasteiger partial charge in [-0.2, -0.15) is 0 Å². The second kappa shape index (κ2) is 5.03. The van der Waals surface area contributed by atoms with Gasteiger partial charge in [0.05, 0.1) is 5.69 Å². The molecule has 0 bridgehead atoms. The molecule has 2 aromatic heterocycles. The van der Waals surface area contributed by atoms with Crippen LogP contribution in [0, 0.1) is 0 Å². The van der Waals surface area contributed by atoms with Crippen LogP contribution in [0.1, 0.15) is 18.9 Å². The predicted octanol–water partition coefficient (Wildman–Crippen LogP) is 3.14. The van der Waals surface area contributed by atoms with Crippen molar-refractivity contribution >= 4 is 11.6 Å². The molecule has 0 radical (unpaired) electrons. The molecule has 0 spiro atoms. The number of halogens is 1. The minimum absolute atomic E-state index is 0.545. The summed E-state index contributed by atoms with van der Waals surface area (Å²) in [5, 5.41) is 0.545. The quantitative estimate of drug-likeness (QED) is 0.765. The Kier molecular flexibility index (Phi) is 3.47. The third-order valence-electron chi connectivity index (χ3n) is 2.35. The molecule has 0 amide bonds. The Bertz CT molecular complexity index is 471. The van der Waals surface area contributed by atoms with Crippen LogP contribution in [0.25, 0.3) is 11.3 Å². The lowest BCUT2D eigenvalue weighted by Gasteiger charge is -2.08. The van der Waals surface area contributed by atoms with Gasteiger partial charge in [0.1, 0.15) is 11.5 Å². The van der Waals surface area contributed by atoms with Gasteiger partial charge in [-0.05, 0) is 18.6 Å². The molecule has 16 heavy (non-hydrogen) atoms. The highest BCUT2D eigenvalue weighted by atomic mass is 35.5. The maximum absolute atomic E-state index is 6.09. The molecule has 3 nitrogen and oxygen atoms in total. The first kappa shape index (κ1) is 11.0. The topological polar surface area (TPSA) is 38.7 Å². The van der Waals surface area contributed by atoms with Crippen LogP contribution in [0.4, 0.5) is 0 Å². The minimum atomic E-state index is 0.545. The van der Waals surface area contributed by atoms with Crippen LogP contribution >= 0.6 is 11.6 Å². The first-order valence-electron chi connectivity index (χ1n) is 5.22. The molecule has 0 fully saturated rings. The zero-order valence-corrected chi connectivity index (χ0v) is 9.78. The monoisotopic (exact) mass is 233 g/mol. The van der Waals surface area contributed by atoms with Gasteiger partial charge >= 0.3 is 0 Å². The third-order valence-corrected chi connectivity index (χ3v) is 2.67. The highest BCUT2D eigenvalue weighted by Crippen LogP contribution is 2.25. The number of rotatable bonds is 3. The van der Waals surface area contributed by atoms with Gasteiger partial charge in [0.25, 0.3) is 0 Å². The first-order chi connectivity index (χ1) is 7.83. The number of nitrogens with zero attached hydrogens (tertiary/aromatic N) is 3. The van der Waals surface area contributed by atoms with Crippen molar-refractivity contribution in [1.82, 2.24) is 15.0 Å². The SMILES string of the molecule is CCCc1c(Cl)ncnc1-c1ccncc1. The summed E-state index contributed by atoms with van der Waals surface area (Å²) in [7, 11) is 0. The fourth-order valence-electron chi connectivity index (χ4n) is 1.62. The molecule has 0 saturated carbocycles. The number of hydrogen-bond acceptors (Lipinski definition) is 3. The minimum Gasteiger partial charge on any atom is -0.265 e. The average Bonchev–Trinajstić information content (AvgIpc) is 2.33. The Balaban J connectivity index is 2.52. The molecule has 0 aliphatic heterocycles. The average molecular weight is 234 g/mol. The van der Waals surface area contributed by atoms with Crippen LogP contribution in [0.5, 0.6) is 0 Å². The number of aromatic nitrogens is 3.